The Morgan fingerprint density at radius 1 is 1.47 bits per heavy atom. The van der Waals surface area contributed by atoms with E-state index in [9.17, 15) is 8.42 Å². The van der Waals surface area contributed by atoms with Crippen molar-refractivity contribution in [1.82, 2.24) is 4.31 Å². The van der Waals surface area contributed by atoms with Crippen LogP contribution in [0.1, 0.15) is 18.4 Å². The maximum atomic E-state index is 12.4. The van der Waals surface area contributed by atoms with Gasteiger partial charge in [0.15, 0.2) is 0 Å². The van der Waals surface area contributed by atoms with Crippen LogP contribution in [0.25, 0.3) is 0 Å². The van der Waals surface area contributed by atoms with E-state index in [0.717, 1.165) is 18.4 Å². The highest BCUT2D eigenvalue weighted by Crippen LogP contribution is 2.25. The lowest BCUT2D eigenvalue weighted by Crippen LogP contribution is -2.28. The fourth-order valence-electron chi connectivity index (χ4n) is 1.63. The number of hydrogen-bond acceptors (Lipinski definition) is 3. The normalized spacial score (nSPS) is 11.8. The second-order valence-electron chi connectivity index (χ2n) is 4.23. The van der Waals surface area contributed by atoms with Crippen LogP contribution >= 0.6 is 15.9 Å². The Kier molecular flexibility index (Phi) is 6.19. The summed E-state index contributed by atoms with van der Waals surface area (Å²) in [7, 11) is -1.88. The standard InChI is InChI=1S/C13H19BrN2O2S/c1-3-4-5-8-16(2)19(17,18)13-7-6-11(10-15)9-12(13)14/h3,6-7,9H,1,4-5,8,10,15H2,2H3. The first-order chi connectivity index (χ1) is 8.93. The van der Waals surface area contributed by atoms with Crippen LogP contribution in [0.2, 0.25) is 0 Å². The number of nitrogens with two attached hydrogens (primary N) is 1. The van der Waals surface area contributed by atoms with Gasteiger partial charge in [-0.05, 0) is 46.5 Å². The predicted molar refractivity (Wildman–Crippen MR) is 81.3 cm³/mol. The Morgan fingerprint density at radius 3 is 2.68 bits per heavy atom. The van der Waals surface area contributed by atoms with Gasteiger partial charge in [-0.1, -0.05) is 12.1 Å². The van der Waals surface area contributed by atoms with Gasteiger partial charge in [0.05, 0.1) is 4.90 Å². The van der Waals surface area contributed by atoms with Crippen molar-refractivity contribution in [2.45, 2.75) is 24.3 Å². The van der Waals surface area contributed by atoms with Crippen molar-refractivity contribution in [3.63, 3.8) is 0 Å². The van der Waals surface area contributed by atoms with E-state index in [4.69, 9.17) is 5.73 Å². The van der Waals surface area contributed by atoms with Gasteiger partial charge in [0.25, 0.3) is 0 Å². The molecule has 0 aliphatic carbocycles. The smallest absolute Gasteiger partial charge is 0.243 e. The zero-order valence-corrected chi connectivity index (χ0v) is 13.4. The molecule has 1 aromatic rings. The highest BCUT2D eigenvalue weighted by molar-refractivity contribution is 9.10. The highest BCUT2D eigenvalue weighted by atomic mass is 79.9. The summed E-state index contributed by atoms with van der Waals surface area (Å²) in [6.07, 6.45) is 3.34. The maximum absolute atomic E-state index is 12.4. The summed E-state index contributed by atoms with van der Waals surface area (Å²) in [6.45, 7) is 4.48. The average molecular weight is 347 g/mol. The number of hydrogen-bond donors (Lipinski definition) is 1. The first kappa shape index (κ1) is 16.4. The lowest BCUT2D eigenvalue weighted by molar-refractivity contribution is 0.462. The Balaban J connectivity index is 2.96. The third-order valence-corrected chi connectivity index (χ3v) is 5.64. The average Bonchev–Trinajstić information content (AvgIpc) is 2.38. The van der Waals surface area contributed by atoms with Crippen LogP contribution in [0.4, 0.5) is 0 Å². The van der Waals surface area contributed by atoms with Gasteiger partial charge in [-0.3, -0.25) is 0 Å². The molecule has 1 rings (SSSR count). The molecule has 0 unspecified atom stereocenters. The van der Waals surface area contributed by atoms with E-state index in [-0.39, 0.29) is 4.90 Å². The van der Waals surface area contributed by atoms with Crippen molar-refractivity contribution in [2.75, 3.05) is 13.6 Å². The number of nitrogens with zero attached hydrogens (tertiary/aromatic N) is 1. The molecule has 0 radical (unpaired) electrons. The number of unbranched alkanes of at least 4 members (excludes halogenated alkanes) is 1. The number of allylic oxidation sites excluding steroid dienone is 1. The van der Waals surface area contributed by atoms with Crippen LogP contribution in [0.15, 0.2) is 40.2 Å². The van der Waals surface area contributed by atoms with E-state index in [1.54, 1.807) is 31.3 Å². The van der Waals surface area contributed by atoms with E-state index >= 15 is 0 Å². The zero-order chi connectivity index (χ0) is 14.5. The molecule has 0 saturated carbocycles. The number of sulfonamides is 1. The van der Waals surface area contributed by atoms with Gasteiger partial charge in [0.1, 0.15) is 0 Å². The van der Waals surface area contributed by atoms with Crippen LogP contribution in [0.5, 0.6) is 0 Å². The Bertz CT molecular complexity index is 544. The molecule has 0 amide bonds. The van der Waals surface area contributed by atoms with Gasteiger partial charge in [-0.25, -0.2) is 12.7 Å². The molecule has 0 bridgehead atoms. The van der Waals surface area contributed by atoms with Crippen molar-refractivity contribution in [1.29, 1.82) is 0 Å². The van der Waals surface area contributed by atoms with Crippen LogP contribution < -0.4 is 5.73 Å². The molecule has 19 heavy (non-hydrogen) atoms. The lowest BCUT2D eigenvalue weighted by Gasteiger charge is -2.18. The summed E-state index contributed by atoms with van der Waals surface area (Å²) < 4.78 is 26.7. The van der Waals surface area contributed by atoms with Gasteiger partial charge in [0, 0.05) is 24.6 Å². The molecule has 0 aromatic heterocycles. The molecule has 0 heterocycles. The van der Waals surface area contributed by atoms with Crippen molar-refractivity contribution in [3.8, 4) is 0 Å². The highest BCUT2D eigenvalue weighted by Gasteiger charge is 2.22. The minimum atomic E-state index is -3.46. The molecule has 0 aliphatic rings. The van der Waals surface area contributed by atoms with Crippen LogP contribution in [0, 0.1) is 0 Å². The molecular formula is C13H19BrN2O2S. The fourth-order valence-corrected chi connectivity index (χ4v) is 3.92. The Hall–Kier alpha value is -0.690. The summed E-state index contributed by atoms with van der Waals surface area (Å²) in [5, 5.41) is 0. The molecule has 0 fully saturated rings. The molecular weight excluding hydrogens is 328 g/mol. The van der Waals surface area contributed by atoms with Crippen LogP contribution in [0.3, 0.4) is 0 Å². The summed E-state index contributed by atoms with van der Waals surface area (Å²) >= 11 is 3.30. The number of rotatable bonds is 7. The molecule has 2 N–H and O–H groups in total. The third-order valence-electron chi connectivity index (χ3n) is 2.80. The van der Waals surface area contributed by atoms with Crippen LogP contribution in [-0.2, 0) is 16.6 Å². The zero-order valence-electron chi connectivity index (χ0n) is 11.0. The summed E-state index contributed by atoms with van der Waals surface area (Å²) in [6, 6.07) is 5.06. The molecule has 1 aromatic carbocycles. The van der Waals surface area contributed by atoms with E-state index in [0.29, 0.717) is 17.6 Å². The molecule has 4 nitrogen and oxygen atoms in total. The minimum absolute atomic E-state index is 0.269. The van der Waals surface area contributed by atoms with Gasteiger partial charge in [-0.2, -0.15) is 0 Å². The fraction of sp³-hybridized carbons (Fsp3) is 0.385. The lowest BCUT2D eigenvalue weighted by atomic mass is 10.2. The first-order valence-electron chi connectivity index (χ1n) is 5.99. The van der Waals surface area contributed by atoms with Crippen molar-refractivity contribution in [2.24, 2.45) is 5.73 Å². The first-order valence-corrected chi connectivity index (χ1v) is 8.22. The van der Waals surface area contributed by atoms with E-state index < -0.39 is 10.0 Å². The summed E-state index contributed by atoms with van der Waals surface area (Å²) in [5.41, 5.74) is 6.42. The van der Waals surface area contributed by atoms with Crippen LogP contribution in [-0.4, -0.2) is 26.3 Å². The quantitative estimate of drug-likeness (QED) is 0.609. The maximum Gasteiger partial charge on any atom is 0.243 e. The topological polar surface area (TPSA) is 63.4 Å². The number of benzene rings is 1. The third kappa shape index (κ3) is 4.14. The Morgan fingerprint density at radius 2 is 2.16 bits per heavy atom. The molecule has 0 aliphatic heterocycles. The van der Waals surface area contributed by atoms with Crippen molar-refractivity contribution < 1.29 is 8.42 Å². The molecule has 0 spiro atoms. The van der Waals surface area contributed by atoms with Gasteiger partial charge in [-0.15, -0.1) is 6.58 Å². The largest absolute Gasteiger partial charge is 0.326 e. The predicted octanol–water partition coefficient (Wildman–Crippen LogP) is 2.49. The second kappa shape index (κ2) is 7.19. The number of halogens is 1. The van der Waals surface area contributed by atoms with E-state index in [1.165, 1.54) is 4.31 Å². The van der Waals surface area contributed by atoms with Crippen molar-refractivity contribution >= 4 is 26.0 Å². The summed E-state index contributed by atoms with van der Waals surface area (Å²) in [5.74, 6) is 0. The molecule has 0 atom stereocenters. The SMILES string of the molecule is C=CCCCN(C)S(=O)(=O)c1ccc(CN)cc1Br. The van der Waals surface area contributed by atoms with Gasteiger partial charge < -0.3 is 5.73 Å². The monoisotopic (exact) mass is 346 g/mol. The van der Waals surface area contributed by atoms with E-state index in [1.807, 2.05) is 0 Å². The molecule has 6 heteroatoms. The molecule has 106 valence electrons. The summed E-state index contributed by atoms with van der Waals surface area (Å²) in [4.78, 5) is 0.269. The Labute approximate surface area is 123 Å². The minimum Gasteiger partial charge on any atom is -0.326 e. The molecule has 0 saturated heterocycles. The second-order valence-corrected chi connectivity index (χ2v) is 7.09. The van der Waals surface area contributed by atoms with Gasteiger partial charge >= 0.3 is 0 Å². The van der Waals surface area contributed by atoms with Crippen molar-refractivity contribution in [3.05, 3.63) is 40.9 Å². The van der Waals surface area contributed by atoms with E-state index in [2.05, 4.69) is 22.5 Å². The van der Waals surface area contributed by atoms with Gasteiger partial charge in [0.2, 0.25) is 10.0 Å².